The van der Waals surface area contributed by atoms with Gasteiger partial charge in [0.25, 0.3) is 0 Å². The highest BCUT2D eigenvalue weighted by molar-refractivity contribution is 5.96. The number of rotatable bonds is 5. The molecule has 7 heteroatoms. The van der Waals surface area contributed by atoms with Crippen LogP contribution in [0.2, 0.25) is 0 Å². The van der Waals surface area contributed by atoms with Gasteiger partial charge < -0.3 is 21.1 Å². The predicted octanol–water partition coefficient (Wildman–Crippen LogP) is 1.28. The number of nitrogen functional groups attached to an aromatic ring is 1. The Morgan fingerprint density at radius 2 is 2.33 bits per heavy atom. The number of esters is 1. The molecule has 1 heterocycles. The molecule has 0 bridgehead atoms. The Morgan fingerprint density at radius 1 is 1.57 bits per heavy atom. The van der Waals surface area contributed by atoms with Gasteiger partial charge in [-0.05, 0) is 25.5 Å². The smallest absolute Gasteiger partial charge is 0.340 e. The first-order chi connectivity index (χ1) is 10.0. The molecule has 2 rings (SSSR count). The number of nitrogens with two attached hydrogens (primary N) is 1. The molecule has 0 saturated carbocycles. The van der Waals surface area contributed by atoms with Crippen LogP contribution in [0.1, 0.15) is 30.1 Å². The van der Waals surface area contributed by atoms with E-state index < -0.39 is 11.8 Å². The van der Waals surface area contributed by atoms with Crippen molar-refractivity contribution < 1.29 is 18.7 Å². The quantitative estimate of drug-likeness (QED) is 0.562. The minimum atomic E-state index is -0.591. The van der Waals surface area contributed by atoms with Gasteiger partial charge in [0.1, 0.15) is 5.82 Å². The van der Waals surface area contributed by atoms with Crippen molar-refractivity contribution >= 4 is 23.3 Å². The van der Waals surface area contributed by atoms with E-state index in [9.17, 15) is 14.0 Å². The third-order valence-corrected chi connectivity index (χ3v) is 3.26. The lowest BCUT2D eigenvalue weighted by Gasteiger charge is -2.14. The zero-order valence-corrected chi connectivity index (χ0v) is 11.7. The highest BCUT2D eigenvalue weighted by Crippen LogP contribution is 2.23. The van der Waals surface area contributed by atoms with E-state index in [0.29, 0.717) is 19.4 Å². The minimum Gasteiger partial charge on any atom is -0.462 e. The molecule has 1 saturated heterocycles. The second kappa shape index (κ2) is 6.43. The molecule has 0 aromatic heterocycles. The van der Waals surface area contributed by atoms with Gasteiger partial charge >= 0.3 is 5.97 Å². The van der Waals surface area contributed by atoms with E-state index in [4.69, 9.17) is 10.5 Å². The molecule has 21 heavy (non-hydrogen) atoms. The Morgan fingerprint density at radius 3 is 2.95 bits per heavy atom. The third kappa shape index (κ3) is 3.62. The summed E-state index contributed by atoms with van der Waals surface area (Å²) >= 11 is 0. The average molecular weight is 295 g/mol. The van der Waals surface area contributed by atoms with Crippen LogP contribution in [0.25, 0.3) is 0 Å². The highest BCUT2D eigenvalue weighted by Gasteiger charge is 2.21. The Labute approximate surface area is 121 Å². The molecule has 1 atom stereocenters. The van der Waals surface area contributed by atoms with Gasteiger partial charge in [0.2, 0.25) is 5.91 Å². The van der Waals surface area contributed by atoms with Crippen molar-refractivity contribution in [1.82, 2.24) is 5.32 Å². The number of hydrogen-bond donors (Lipinski definition) is 3. The van der Waals surface area contributed by atoms with Crippen LogP contribution in [-0.2, 0) is 9.53 Å². The zero-order chi connectivity index (χ0) is 15.4. The van der Waals surface area contributed by atoms with E-state index in [2.05, 4.69) is 10.6 Å². The van der Waals surface area contributed by atoms with Crippen molar-refractivity contribution in [3.05, 3.63) is 23.5 Å². The molecule has 1 aromatic rings. The molecule has 1 amide bonds. The number of benzene rings is 1. The van der Waals surface area contributed by atoms with E-state index in [1.54, 1.807) is 6.92 Å². The van der Waals surface area contributed by atoms with Gasteiger partial charge in [-0.3, -0.25) is 4.79 Å². The Hall–Kier alpha value is -2.31. The molecular weight excluding hydrogens is 277 g/mol. The lowest BCUT2D eigenvalue weighted by atomic mass is 10.1. The molecule has 0 spiro atoms. The number of hydrogen-bond acceptors (Lipinski definition) is 5. The lowest BCUT2D eigenvalue weighted by molar-refractivity contribution is -0.119. The molecular formula is C14H18FN3O3. The van der Waals surface area contributed by atoms with E-state index in [-0.39, 0.29) is 35.5 Å². The summed E-state index contributed by atoms with van der Waals surface area (Å²) in [5.41, 5.74) is 5.95. The summed E-state index contributed by atoms with van der Waals surface area (Å²) in [6.45, 7) is 2.28. The molecule has 0 radical (unpaired) electrons. The van der Waals surface area contributed by atoms with Crippen LogP contribution in [-0.4, -0.2) is 31.1 Å². The molecule has 1 aliphatic heterocycles. The summed E-state index contributed by atoms with van der Waals surface area (Å²) in [7, 11) is 0. The second-order valence-electron chi connectivity index (χ2n) is 4.82. The maximum absolute atomic E-state index is 13.8. The van der Waals surface area contributed by atoms with E-state index >= 15 is 0 Å². The first kappa shape index (κ1) is 15.1. The standard InChI is InChI=1S/C14H18FN3O3/c1-2-21-14(20)9-5-12(10(15)6-11(9)16)17-7-8-3-4-13(19)18-8/h5-6,8,17H,2-4,7,16H2,1H3,(H,18,19). The number of anilines is 2. The lowest BCUT2D eigenvalue weighted by Crippen LogP contribution is -2.32. The maximum atomic E-state index is 13.8. The van der Waals surface area contributed by atoms with E-state index in [1.165, 1.54) is 6.07 Å². The summed E-state index contributed by atoms with van der Waals surface area (Å²) < 4.78 is 18.7. The molecule has 1 unspecified atom stereocenters. The fourth-order valence-electron chi connectivity index (χ4n) is 2.17. The molecule has 4 N–H and O–H groups in total. The topological polar surface area (TPSA) is 93.4 Å². The monoisotopic (exact) mass is 295 g/mol. The van der Waals surface area contributed by atoms with Crippen LogP contribution >= 0.6 is 0 Å². The molecule has 1 fully saturated rings. The SMILES string of the molecule is CCOC(=O)c1cc(NCC2CCC(=O)N2)c(F)cc1N. The summed E-state index contributed by atoms with van der Waals surface area (Å²) in [5.74, 6) is -1.15. The Bertz CT molecular complexity index is 563. The number of halogens is 1. The van der Waals surface area contributed by atoms with Gasteiger partial charge in [-0.25, -0.2) is 9.18 Å². The number of carbonyl (C=O) groups is 2. The van der Waals surface area contributed by atoms with Crippen molar-refractivity contribution in [3.8, 4) is 0 Å². The third-order valence-electron chi connectivity index (χ3n) is 3.26. The normalized spacial score (nSPS) is 17.4. The van der Waals surface area contributed by atoms with Crippen LogP contribution < -0.4 is 16.4 Å². The van der Waals surface area contributed by atoms with Gasteiger partial charge in [-0.1, -0.05) is 0 Å². The summed E-state index contributed by atoms with van der Waals surface area (Å²) in [6, 6.07) is 2.38. The average Bonchev–Trinajstić information content (AvgIpc) is 2.83. The van der Waals surface area contributed by atoms with Crippen molar-refractivity contribution in [1.29, 1.82) is 0 Å². The Balaban J connectivity index is 2.09. The zero-order valence-electron chi connectivity index (χ0n) is 11.7. The summed E-state index contributed by atoms with van der Waals surface area (Å²) in [6.07, 6.45) is 1.18. The van der Waals surface area contributed by atoms with Gasteiger partial charge in [0, 0.05) is 24.7 Å². The first-order valence-corrected chi connectivity index (χ1v) is 6.80. The summed E-state index contributed by atoms with van der Waals surface area (Å²) in [4.78, 5) is 22.8. The minimum absolute atomic E-state index is 0.00760. The van der Waals surface area contributed by atoms with Crippen LogP contribution in [0.15, 0.2) is 12.1 Å². The fourth-order valence-corrected chi connectivity index (χ4v) is 2.17. The van der Waals surface area contributed by atoms with Crippen LogP contribution in [0.3, 0.4) is 0 Å². The van der Waals surface area contributed by atoms with Gasteiger partial charge in [-0.2, -0.15) is 0 Å². The maximum Gasteiger partial charge on any atom is 0.340 e. The van der Waals surface area contributed by atoms with Crippen LogP contribution in [0.4, 0.5) is 15.8 Å². The Kier molecular flexibility index (Phi) is 4.62. The van der Waals surface area contributed by atoms with Crippen molar-refractivity contribution in [2.75, 3.05) is 24.2 Å². The van der Waals surface area contributed by atoms with Crippen molar-refractivity contribution in [2.45, 2.75) is 25.8 Å². The fraction of sp³-hybridized carbons (Fsp3) is 0.429. The number of carbonyl (C=O) groups excluding carboxylic acids is 2. The number of ether oxygens (including phenoxy) is 1. The number of amides is 1. The van der Waals surface area contributed by atoms with E-state index in [0.717, 1.165) is 6.07 Å². The van der Waals surface area contributed by atoms with E-state index in [1.807, 2.05) is 0 Å². The van der Waals surface area contributed by atoms with Gasteiger partial charge in [0.15, 0.2) is 0 Å². The molecule has 114 valence electrons. The summed E-state index contributed by atoms with van der Waals surface area (Å²) in [5, 5.41) is 5.66. The molecule has 1 aliphatic rings. The van der Waals surface area contributed by atoms with Gasteiger partial charge in [0.05, 0.1) is 17.9 Å². The predicted molar refractivity (Wildman–Crippen MR) is 76.4 cm³/mol. The highest BCUT2D eigenvalue weighted by atomic mass is 19.1. The van der Waals surface area contributed by atoms with Gasteiger partial charge in [-0.15, -0.1) is 0 Å². The molecule has 1 aromatic carbocycles. The number of nitrogens with one attached hydrogen (secondary N) is 2. The second-order valence-corrected chi connectivity index (χ2v) is 4.82. The van der Waals surface area contributed by atoms with Crippen LogP contribution in [0.5, 0.6) is 0 Å². The van der Waals surface area contributed by atoms with Crippen molar-refractivity contribution in [2.24, 2.45) is 0 Å². The molecule has 6 nitrogen and oxygen atoms in total. The first-order valence-electron chi connectivity index (χ1n) is 6.80. The molecule has 0 aliphatic carbocycles. The van der Waals surface area contributed by atoms with Crippen molar-refractivity contribution in [3.63, 3.8) is 0 Å². The largest absolute Gasteiger partial charge is 0.462 e. The van der Waals surface area contributed by atoms with Crippen LogP contribution in [0, 0.1) is 5.82 Å².